The molecule has 5 nitrogen and oxygen atoms in total. The van der Waals surface area contributed by atoms with Gasteiger partial charge in [0.1, 0.15) is 0 Å². The molecule has 0 unspecified atom stereocenters. The van der Waals surface area contributed by atoms with E-state index in [9.17, 15) is 9.59 Å². The molecule has 1 heterocycles. The zero-order valence-electron chi connectivity index (χ0n) is 14.5. The van der Waals surface area contributed by atoms with Crippen LogP contribution < -0.4 is 10.2 Å². The van der Waals surface area contributed by atoms with Crippen LogP contribution in [0.1, 0.15) is 37.0 Å². The van der Waals surface area contributed by atoms with E-state index < -0.39 is 0 Å². The number of likely N-dealkylation sites (tertiary alicyclic amines) is 1. The number of rotatable bonds is 4. The smallest absolute Gasteiger partial charge is 0.253 e. The summed E-state index contributed by atoms with van der Waals surface area (Å²) in [5, 5.41) is 3.06. The average Bonchev–Trinajstić information content (AvgIpc) is 2.55. The number of hydrogen-bond acceptors (Lipinski definition) is 3. The van der Waals surface area contributed by atoms with Gasteiger partial charge in [0.15, 0.2) is 0 Å². The lowest BCUT2D eigenvalue weighted by Crippen LogP contribution is -2.47. The van der Waals surface area contributed by atoms with Crippen molar-refractivity contribution < 1.29 is 9.59 Å². The lowest BCUT2D eigenvalue weighted by molar-refractivity contribution is -0.124. The van der Waals surface area contributed by atoms with Gasteiger partial charge in [-0.25, -0.2) is 0 Å². The molecule has 0 aromatic heterocycles. The van der Waals surface area contributed by atoms with Gasteiger partial charge in [-0.05, 0) is 31.0 Å². The molecule has 1 saturated heterocycles. The van der Waals surface area contributed by atoms with Crippen LogP contribution in [0.15, 0.2) is 24.3 Å². The first kappa shape index (κ1) is 17.3. The normalized spacial score (nSPS) is 15.6. The fourth-order valence-corrected chi connectivity index (χ4v) is 2.69. The second-order valence-electron chi connectivity index (χ2n) is 6.67. The number of anilines is 1. The van der Waals surface area contributed by atoms with Crippen LogP contribution in [0.4, 0.5) is 5.69 Å². The maximum Gasteiger partial charge on any atom is 0.253 e. The molecule has 1 aliphatic heterocycles. The van der Waals surface area contributed by atoms with Gasteiger partial charge >= 0.3 is 0 Å². The molecule has 0 saturated carbocycles. The van der Waals surface area contributed by atoms with Crippen molar-refractivity contribution in [2.75, 3.05) is 32.1 Å². The summed E-state index contributed by atoms with van der Waals surface area (Å²) in [6, 6.07) is 7.88. The minimum Gasteiger partial charge on any atom is -0.378 e. The van der Waals surface area contributed by atoms with Crippen LogP contribution in [0.3, 0.4) is 0 Å². The van der Waals surface area contributed by atoms with Crippen LogP contribution in [-0.4, -0.2) is 49.9 Å². The molecule has 1 N–H and O–H groups in total. The van der Waals surface area contributed by atoms with Gasteiger partial charge in [-0.3, -0.25) is 9.59 Å². The Balaban J connectivity index is 1.93. The number of carbonyl (C=O) groups is 2. The predicted octanol–water partition coefficient (Wildman–Crippen LogP) is 2.13. The van der Waals surface area contributed by atoms with Crippen molar-refractivity contribution in [1.82, 2.24) is 10.2 Å². The Hall–Kier alpha value is -2.04. The predicted molar refractivity (Wildman–Crippen MR) is 92.7 cm³/mol. The highest BCUT2D eigenvalue weighted by Crippen LogP contribution is 2.18. The number of nitrogens with one attached hydrogen (secondary N) is 1. The van der Waals surface area contributed by atoms with E-state index in [-0.39, 0.29) is 23.8 Å². The summed E-state index contributed by atoms with van der Waals surface area (Å²) in [5.41, 5.74) is 1.75. The molecule has 0 aliphatic carbocycles. The maximum atomic E-state index is 12.6. The first-order valence-corrected chi connectivity index (χ1v) is 8.25. The molecule has 1 fully saturated rings. The Labute approximate surface area is 138 Å². The summed E-state index contributed by atoms with van der Waals surface area (Å²) in [4.78, 5) is 28.3. The lowest BCUT2D eigenvalue weighted by atomic mass is 10.0. The molecule has 0 radical (unpaired) electrons. The molecule has 126 valence electrons. The van der Waals surface area contributed by atoms with Gasteiger partial charge in [0, 0.05) is 50.4 Å². The summed E-state index contributed by atoms with van der Waals surface area (Å²) >= 11 is 0. The molecule has 1 aromatic carbocycles. The van der Waals surface area contributed by atoms with E-state index in [1.165, 1.54) is 0 Å². The third-order valence-electron chi connectivity index (χ3n) is 4.26. The molecule has 0 spiro atoms. The van der Waals surface area contributed by atoms with E-state index in [0.717, 1.165) is 24.1 Å². The van der Waals surface area contributed by atoms with E-state index in [1.54, 1.807) is 0 Å². The van der Waals surface area contributed by atoms with Crippen molar-refractivity contribution >= 4 is 17.5 Å². The van der Waals surface area contributed by atoms with Crippen LogP contribution in [0, 0.1) is 5.92 Å². The van der Waals surface area contributed by atoms with Gasteiger partial charge in [0.25, 0.3) is 5.91 Å². The Morgan fingerprint density at radius 1 is 1.22 bits per heavy atom. The molecule has 2 rings (SSSR count). The van der Waals surface area contributed by atoms with Gasteiger partial charge in [-0.2, -0.15) is 0 Å². The number of piperidine rings is 1. The van der Waals surface area contributed by atoms with Crippen molar-refractivity contribution in [2.24, 2.45) is 5.92 Å². The molecular weight excluding hydrogens is 290 g/mol. The van der Waals surface area contributed by atoms with Gasteiger partial charge in [0.05, 0.1) is 0 Å². The molecule has 5 heteroatoms. The molecule has 23 heavy (non-hydrogen) atoms. The van der Waals surface area contributed by atoms with Gasteiger partial charge in [-0.15, -0.1) is 0 Å². The van der Waals surface area contributed by atoms with E-state index in [2.05, 4.69) is 5.32 Å². The highest BCUT2D eigenvalue weighted by atomic mass is 16.2. The summed E-state index contributed by atoms with van der Waals surface area (Å²) in [5.74, 6) is 0.166. The molecule has 0 atom stereocenters. The molecular formula is C18H27N3O2. The third kappa shape index (κ3) is 4.47. The van der Waals surface area contributed by atoms with Crippen LogP contribution in [0.25, 0.3) is 0 Å². The Morgan fingerprint density at radius 3 is 2.43 bits per heavy atom. The van der Waals surface area contributed by atoms with E-state index in [0.29, 0.717) is 13.1 Å². The van der Waals surface area contributed by atoms with Crippen LogP contribution in [0.2, 0.25) is 0 Å². The number of hydrogen-bond donors (Lipinski definition) is 1. The van der Waals surface area contributed by atoms with Gasteiger partial charge in [0.2, 0.25) is 5.91 Å². The lowest BCUT2D eigenvalue weighted by Gasteiger charge is -2.33. The highest BCUT2D eigenvalue weighted by Gasteiger charge is 2.25. The fraction of sp³-hybridized carbons (Fsp3) is 0.556. The van der Waals surface area contributed by atoms with Crippen molar-refractivity contribution in [3.8, 4) is 0 Å². The largest absolute Gasteiger partial charge is 0.378 e. The topological polar surface area (TPSA) is 52.7 Å². The summed E-state index contributed by atoms with van der Waals surface area (Å²) in [6.07, 6.45) is 1.63. The summed E-state index contributed by atoms with van der Waals surface area (Å²) < 4.78 is 0. The van der Waals surface area contributed by atoms with E-state index in [4.69, 9.17) is 0 Å². The quantitative estimate of drug-likeness (QED) is 0.925. The molecule has 0 bridgehead atoms. The highest BCUT2D eigenvalue weighted by molar-refractivity contribution is 5.95. The second kappa shape index (κ2) is 7.49. The van der Waals surface area contributed by atoms with Gasteiger partial charge in [-0.1, -0.05) is 19.9 Å². The summed E-state index contributed by atoms with van der Waals surface area (Å²) in [7, 11) is 3.93. The summed E-state index contributed by atoms with van der Waals surface area (Å²) in [6.45, 7) is 5.17. The van der Waals surface area contributed by atoms with Crippen molar-refractivity contribution in [1.29, 1.82) is 0 Å². The Bertz CT molecular complexity index is 561. The van der Waals surface area contributed by atoms with E-state index >= 15 is 0 Å². The van der Waals surface area contributed by atoms with Crippen molar-refractivity contribution in [3.05, 3.63) is 29.8 Å². The number of nitrogens with zero attached hydrogens (tertiary/aromatic N) is 2. The zero-order chi connectivity index (χ0) is 17.0. The fourth-order valence-electron chi connectivity index (χ4n) is 2.69. The monoisotopic (exact) mass is 317 g/mol. The Morgan fingerprint density at radius 2 is 1.87 bits per heavy atom. The maximum absolute atomic E-state index is 12.6. The van der Waals surface area contributed by atoms with Crippen LogP contribution >= 0.6 is 0 Å². The molecule has 1 aliphatic rings. The number of benzene rings is 1. The minimum absolute atomic E-state index is 0.00318. The van der Waals surface area contributed by atoms with Crippen LogP contribution in [-0.2, 0) is 4.79 Å². The second-order valence-corrected chi connectivity index (χ2v) is 6.67. The zero-order valence-corrected chi connectivity index (χ0v) is 14.5. The molecule has 1 aromatic rings. The van der Waals surface area contributed by atoms with Crippen LogP contribution in [0.5, 0.6) is 0 Å². The number of carbonyl (C=O) groups excluding carboxylic acids is 2. The SMILES string of the molecule is CC(C)C(=O)NC1CCN(C(=O)c2cccc(N(C)C)c2)CC1. The first-order valence-electron chi connectivity index (χ1n) is 8.25. The third-order valence-corrected chi connectivity index (χ3v) is 4.26. The average molecular weight is 317 g/mol. The van der Waals surface area contributed by atoms with E-state index in [1.807, 2.05) is 62.0 Å². The van der Waals surface area contributed by atoms with Crippen molar-refractivity contribution in [2.45, 2.75) is 32.7 Å². The van der Waals surface area contributed by atoms with Gasteiger partial charge < -0.3 is 15.1 Å². The van der Waals surface area contributed by atoms with Crippen molar-refractivity contribution in [3.63, 3.8) is 0 Å². The minimum atomic E-state index is 0.00318. The Kier molecular flexibility index (Phi) is 5.64. The number of amides is 2. The first-order chi connectivity index (χ1) is 10.9. The molecule has 2 amide bonds. The standard InChI is InChI=1S/C18H27N3O2/c1-13(2)17(22)19-15-8-10-21(11-9-15)18(23)14-6-5-7-16(12-14)20(3)4/h5-7,12-13,15H,8-11H2,1-4H3,(H,19,22).